The van der Waals surface area contributed by atoms with E-state index in [4.69, 9.17) is 9.94 Å². The van der Waals surface area contributed by atoms with E-state index in [1.54, 1.807) is 12.5 Å². The lowest BCUT2D eigenvalue weighted by atomic mass is 9.86. The molecule has 4 aromatic heterocycles. The van der Waals surface area contributed by atoms with Crippen molar-refractivity contribution in [2.75, 3.05) is 6.61 Å². The highest BCUT2D eigenvalue weighted by Gasteiger charge is 2.23. The lowest BCUT2D eigenvalue weighted by Gasteiger charge is -2.29. The maximum absolute atomic E-state index is 8.85. The van der Waals surface area contributed by atoms with Crippen LogP contribution in [0.2, 0.25) is 25.7 Å². The lowest BCUT2D eigenvalue weighted by Crippen LogP contribution is -2.22. The van der Waals surface area contributed by atoms with Crippen LogP contribution in [0.25, 0.3) is 28.1 Å². The van der Waals surface area contributed by atoms with E-state index in [1.807, 2.05) is 6.20 Å². The van der Waals surface area contributed by atoms with E-state index >= 15 is 0 Å². The molecule has 5 rings (SSSR count). The Balaban J connectivity index is 1.33. The Labute approximate surface area is 213 Å². The molecular formula is C27H36N6O2Si. The summed E-state index contributed by atoms with van der Waals surface area (Å²) in [4.78, 5) is 9.19. The van der Waals surface area contributed by atoms with Crippen molar-refractivity contribution in [3.63, 3.8) is 0 Å². The quantitative estimate of drug-likeness (QED) is 0.0968. The van der Waals surface area contributed by atoms with Gasteiger partial charge >= 0.3 is 0 Å². The number of rotatable bonds is 9. The van der Waals surface area contributed by atoms with Crippen molar-refractivity contribution in [1.29, 1.82) is 0 Å². The normalized spacial score (nSPS) is 19.0. The third-order valence-electron chi connectivity index (χ3n) is 7.18. The van der Waals surface area contributed by atoms with Gasteiger partial charge < -0.3 is 23.6 Å². The van der Waals surface area contributed by atoms with Crippen LogP contribution in [0.3, 0.4) is 0 Å². The number of fused-ring (bicyclic) bond motifs is 1. The van der Waals surface area contributed by atoms with Gasteiger partial charge in [-0.15, -0.1) is 5.16 Å². The van der Waals surface area contributed by atoms with Crippen LogP contribution in [0.4, 0.5) is 0 Å². The van der Waals surface area contributed by atoms with Gasteiger partial charge in [-0.3, -0.25) is 0 Å². The van der Waals surface area contributed by atoms with E-state index in [9.17, 15) is 0 Å². The minimum absolute atomic E-state index is 0.377. The van der Waals surface area contributed by atoms with Crippen LogP contribution >= 0.6 is 0 Å². The SMILES string of the molecule is C[Si](C)(C)CCOCn1ccc2c(-c3ccn(-c4cccn4C4CCC(/C=N\O)CC4)c3)ncnc21. The second-order valence-corrected chi connectivity index (χ2v) is 16.6. The largest absolute Gasteiger partial charge is 0.411 e. The Morgan fingerprint density at radius 2 is 1.92 bits per heavy atom. The van der Waals surface area contributed by atoms with Crippen molar-refractivity contribution in [3.8, 4) is 17.1 Å². The predicted octanol–water partition coefficient (Wildman–Crippen LogP) is 6.19. The van der Waals surface area contributed by atoms with Crippen LogP contribution in [0.15, 0.2) is 60.5 Å². The Kier molecular flexibility index (Phi) is 7.11. The van der Waals surface area contributed by atoms with Crippen molar-refractivity contribution >= 4 is 25.3 Å². The molecule has 1 aliphatic carbocycles. The lowest BCUT2D eigenvalue weighted by molar-refractivity contribution is 0.0899. The van der Waals surface area contributed by atoms with E-state index in [-0.39, 0.29) is 0 Å². The first-order valence-corrected chi connectivity index (χ1v) is 16.5. The van der Waals surface area contributed by atoms with Crippen molar-refractivity contribution in [2.24, 2.45) is 11.1 Å². The summed E-state index contributed by atoms with van der Waals surface area (Å²) < 4.78 is 12.6. The first-order chi connectivity index (χ1) is 17.4. The number of oxime groups is 1. The molecule has 0 aromatic carbocycles. The van der Waals surface area contributed by atoms with Gasteiger partial charge in [0.1, 0.15) is 24.5 Å². The molecule has 1 saturated carbocycles. The highest BCUT2D eigenvalue weighted by atomic mass is 28.3. The third kappa shape index (κ3) is 5.32. The fourth-order valence-electron chi connectivity index (χ4n) is 5.09. The van der Waals surface area contributed by atoms with E-state index < -0.39 is 8.07 Å². The van der Waals surface area contributed by atoms with Crippen LogP contribution < -0.4 is 0 Å². The molecule has 0 bridgehead atoms. The predicted molar refractivity (Wildman–Crippen MR) is 146 cm³/mol. The van der Waals surface area contributed by atoms with Crippen LogP contribution in [0.1, 0.15) is 31.7 Å². The molecule has 1 fully saturated rings. The molecule has 0 aliphatic heterocycles. The highest BCUT2D eigenvalue weighted by molar-refractivity contribution is 6.76. The molecule has 0 spiro atoms. The topological polar surface area (TPSA) is 82.4 Å². The van der Waals surface area contributed by atoms with Gasteiger partial charge in [0.15, 0.2) is 0 Å². The van der Waals surface area contributed by atoms with Crippen LogP contribution in [0, 0.1) is 5.92 Å². The van der Waals surface area contributed by atoms with Crippen LogP contribution in [-0.4, -0.2) is 49.8 Å². The number of ether oxygens (including phenoxy) is 1. The summed E-state index contributed by atoms with van der Waals surface area (Å²) in [6.07, 6.45) is 16.0. The van der Waals surface area contributed by atoms with Crippen molar-refractivity contribution in [1.82, 2.24) is 23.7 Å². The van der Waals surface area contributed by atoms with Gasteiger partial charge in [0, 0.05) is 62.7 Å². The molecule has 0 radical (unpaired) electrons. The summed E-state index contributed by atoms with van der Waals surface area (Å²) in [5.74, 6) is 1.53. The molecule has 0 amide bonds. The first-order valence-electron chi connectivity index (χ1n) is 12.8. The Morgan fingerprint density at radius 1 is 1.08 bits per heavy atom. The maximum Gasteiger partial charge on any atom is 0.145 e. The molecule has 0 atom stereocenters. The highest BCUT2D eigenvalue weighted by Crippen LogP contribution is 2.34. The minimum atomic E-state index is -1.11. The first kappa shape index (κ1) is 24.5. The van der Waals surface area contributed by atoms with E-state index in [0.717, 1.165) is 66.4 Å². The zero-order chi connectivity index (χ0) is 25.1. The Morgan fingerprint density at radius 3 is 2.69 bits per heavy atom. The van der Waals surface area contributed by atoms with Gasteiger partial charge in [0.2, 0.25) is 0 Å². The zero-order valence-electron chi connectivity index (χ0n) is 21.4. The number of hydrogen-bond acceptors (Lipinski definition) is 5. The molecule has 0 saturated heterocycles. The summed E-state index contributed by atoms with van der Waals surface area (Å²) in [7, 11) is -1.11. The van der Waals surface area contributed by atoms with Gasteiger partial charge in [-0.05, 0) is 61.9 Å². The molecule has 4 aromatic rings. The van der Waals surface area contributed by atoms with Crippen LogP contribution in [0.5, 0.6) is 0 Å². The maximum atomic E-state index is 8.85. The van der Waals surface area contributed by atoms with E-state index in [0.29, 0.717) is 18.7 Å². The molecule has 9 heteroatoms. The minimum Gasteiger partial charge on any atom is -0.411 e. The molecule has 190 valence electrons. The van der Waals surface area contributed by atoms with Crippen molar-refractivity contribution < 1.29 is 9.94 Å². The molecule has 1 N–H and O–H groups in total. The summed E-state index contributed by atoms with van der Waals surface area (Å²) in [6.45, 7) is 8.38. The summed E-state index contributed by atoms with van der Waals surface area (Å²) >= 11 is 0. The smallest absolute Gasteiger partial charge is 0.145 e. The van der Waals surface area contributed by atoms with Gasteiger partial charge in [0.25, 0.3) is 0 Å². The molecule has 1 aliphatic rings. The number of nitrogens with zero attached hydrogens (tertiary/aromatic N) is 6. The molecule has 4 heterocycles. The van der Waals surface area contributed by atoms with Crippen molar-refractivity contribution in [3.05, 3.63) is 55.4 Å². The Bertz CT molecular complexity index is 1320. The average molecular weight is 505 g/mol. The van der Waals surface area contributed by atoms with Gasteiger partial charge in [-0.2, -0.15) is 0 Å². The van der Waals surface area contributed by atoms with Crippen molar-refractivity contribution in [2.45, 2.75) is 64.1 Å². The summed E-state index contributed by atoms with van der Waals surface area (Å²) in [5.41, 5.74) is 2.89. The summed E-state index contributed by atoms with van der Waals surface area (Å²) in [6, 6.07) is 10.1. The Hall–Kier alpha value is -3.17. The van der Waals surface area contributed by atoms with Gasteiger partial charge in [-0.1, -0.05) is 19.6 Å². The fraction of sp³-hybridized carbons (Fsp3) is 0.444. The fourth-order valence-corrected chi connectivity index (χ4v) is 5.85. The average Bonchev–Trinajstić information content (AvgIpc) is 3.61. The zero-order valence-corrected chi connectivity index (χ0v) is 22.4. The molecule has 36 heavy (non-hydrogen) atoms. The molecule has 0 unspecified atom stereocenters. The third-order valence-corrected chi connectivity index (χ3v) is 8.89. The van der Waals surface area contributed by atoms with Crippen LogP contribution in [-0.2, 0) is 11.5 Å². The second kappa shape index (κ2) is 10.4. The second-order valence-electron chi connectivity index (χ2n) is 11.0. The molecule has 8 nitrogen and oxygen atoms in total. The number of hydrogen-bond donors (Lipinski definition) is 1. The van der Waals surface area contributed by atoms with Gasteiger partial charge in [0.05, 0.1) is 5.69 Å². The van der Waals surface area contributed by atoms with E-state index in [2.05, 4.69) is 91.3 Å². The summed E-state index contributed by atoms with van der Waals surface area (Å²) in [5, 5.41) is 13.1. The monoisotopic (exact) mass is 504 g/mol. The number of aromatic nitrogens is 5. The van der Waals surface area contributed by atoms with Gasteiger partial charge in [-0.25, -0.2) is 9.97 Å². The standard InChI is InChI=1S/C27H36N6O2Si/c1-36(2,3)16-15-35-20-32-14-11-24-26(28-19-29-27(24)32)22-10-13-31(18-22)25-5-4-12-33(25)23-8-6-21(7-9-23)17-30-34/h4-5,10-14,17-19,21,23,34H,6-9,15-16,20H2,1-3H3/b30-17-. The molecular weight excluding hydrogens is 468 g/mol. The van der Waals surface area contributed by atoms with E-state index in [1.165, 1.54) is 0 Å².